The molecule has 5 heteroatoms. The first-order valence-electron chi connectivity index (χ1n) is 6.67. The maximum absolute atomic E-state index is 12.3. The predicted octanol–water partition coefficient (Wildman–Crippen LogP) is 2.88. The summed E-state index contributed by atoms with van der Waals surface area (Å²) in [6.07, 6.45) is 2.21. The van der Waals surface area contributed by atoms with E-state index in [4.69, 9.17) is 5.73 Å². The number of rotatable bonds is 5. The Kier molecular flexibility index (Phi) is 4.92. The van der Waals surface area contributed by atoms with Crippen LogP contribution < -0.4 is 5.73 Å². The zero-order valence-electron chi connectivity index (χ0n) is 11.6. The van der Waals surface area contributed by atoms with E-state index >= 15 is 0 Å². The van der Waals surface area contributed by atoms with Gasteiger partial charge in [-0.1, -0.05) is 6.07 Å². The number of carbonyl (C=O) groups is 1. The van der Waals surface area contributed by atoms with Gasteiger partial charge in [0, 0.05) is 22.7 Å². The number of nitrogens with zero attached hydrogens (tertiary/aromatic N) is 1. The lowest BCUT2D eigenvalue weighted by atomic mass is 10.1. The topological polar surface area (TPSA) is 46.3 Å². The highest BCUT2D eigenvalue weighted by molar-refractivity contribution is 8.00. The van der Waals surface area contributed by atoms with Gasteiger partial charge in [-0.25, -0.2) is 0 Å². The first-order chi connectivity index (χ1) is 8.97. The van der Waals surface area contributed by atoms with E-state index in [1.807, 2.05) is 18.7 Å². The summed E-state index contributed by atoms with van der Waals surface area (Å²) >= 11 is 3.39. The largest absolute Gasteiger partial charge is 0.334 e. The summed E-state index contributed by atoms with van der Waals surface area (Å²) in [6, 6.07) is 4.50. The Balaban J connectivity index is 1.88. The van der Waals surface area contributed by atoms with Crippen LogP contribution in [0.4, 0.5) is 0 Å². The molecule has 19 heavy (non-hydrogen) atoms. The molecule has 1 aromatic heterocycles. The van der Waals surface area contributed by atoms with E-state index in [1.54, 1.807) is 23.1 Å². The Labute approximate surface area is 123 Å². The third-order valence-corrected chi connectivity index (χ3v) is 5.52. The number of likely N-dealkylation sites (tertiary alicyclic amines) is 1. The van der Waals surface area contributed by atoms with E-state index in [-0.39, 0.29) is 11.4 Å². The first kappa shape index (κ1) is 14.9. The fraction of sp³-hybridized carbons (Fsp3) is 0.643. The molecule has 0 aliphatic carbocycles. The number of carbonyl (C=O) groups excluding carboxylic acids is 1. The Morgan fingerprint density at radius 3 is 3.05 bits per heavy atom. The van der Waals surface area contributed by atoms with Gasteiger partial charge in [-0.15, -0.1) is 11.3 Å². The van der Waals surface area contributed by atoms with Crippen LogP contribution in [0, 0.1) is 0 Å². The van der Waals surface area contributed by atoms with Gasteiger partial charge in [-0.2, -0.15) is 11.8 Å². The Hall–Kier alpha value is -0.520. The third kappa shape index (κ3) is 4.23. The fourth-order valence-electron chi connectivity index (χ4n) is 2.33. The van der Waals surface area contributed by atoms with Crippen molar-refractivity contribution in [1.82, 2.24) is 4.90 Å². The molecule has 2 rings (SSSR count). The van der Waals surface area contributed by atoms with Crippen molar-refractivity contribution in [3.63, 3.8) is 0 Å². The average Bonchev–Trinajstić information content (AvgIpc) is 2.97. The highest BCUT2D eigenvalue weighted by Gasteiger charge is 2.30. The summed E-state index contributed by atoms with van der Waals surface area (Å²) in [7, 11) is 0. The van der Waals surface area contributed by atoms with Crippen molar-refractivity contribution in [1.29, 1.82) is 0 Å². The Bertz CT molecular complexity index is 412. The van der Waals surface area contributed by atoms with Crippen LogP contribution in [0.2, 0.25) is 0 Å². The van der Waals surface area contributed by atoms with Crippen molar-refractivity contribution in [3.8, 4) is 0 Å². The van der Waals surface area contributed by atoms with Crippen molar-refractivity contribution in [2.45, 2.75) is 38.3 Å². The lowest BCUT2D eigenvalue weighted by molar-refractivity contribution is -0.129. The maximum Gasteiger partial charge on any atom is 0.233 e. The number of amides is 1. The van der Waals surface area contributed by atoms with Gasteiger partial charge in [0.15, 0.2) is 0 Å². The molecule has 0 spiro atoms. The van der Waals surface area contributed by atoms with E-state index in [9.17, 15) is 4.79 Å². The molecular formula is C14H22N2OS2. The molecule has 1 unspecified atom stereocenters. The molecule has 0 radical (unpaired) electrons. The maximum atomic E-state index is 12.3. The molecule has 0 bridgehead atoms. The quantitative estimate of drug-likeness (QED) is 0.909. The van der Waals surface area contributed by atoms with Crippen LogP contribution in [0.3, 0.4) is 0 Å². The standard InChI is InChI=1S/C14H22N2OS2/c1-14(2,15)10-18-9-13(17)16-7-3-5-11(16)12-6-4-8-19-12/h4,6,8,11H,3,5,7,9-10,15H2,1-2H3. The van der Waals surface area contributed by atoms with Crippen molar-refractivity contribution < 1.29 is 4.79 Å². The Morgan fingerprint density at radius 2 is 2.42 bits per heavy atom. The molecule has 1 saturated heterocycles. The van der Waals surface area contributed by atoms with Gasteiger partial charge < -0.3 is 10.6 Å². The summed E-state index contributed by atoms with van der Waals surface area (Å²) in [4.78, 5) is 15.7. The lowest BCUT2D eigenvalue weighted by Crippen LogP contribution is -2.36. The highest BCUT2D eigenvalue weighted by atomic mass is 32.2. The predicted molar refractivity (Wildman–Crippen MR) is 83.6 cm³/mol. The molecule has 106 valence electrons. The minimum absolute atomic E-state index is 0.205. The molecule has 1 fully saturated rings. The zero-order valence-corrected chi connectivity index (χ0v) is 13.2. The van der Waals surface area contributed by atoms with Crippen LogP contribution in [-0.2, 0) is 4.79 Å². The lowest BCUT2D eigenvalue weighted by Gasteiger charge is -2.24. The van der Waals surface area contributed by atoms with Crippen LogP contribution in [0.25, 0.3) is 0 Å². The monoisotopic (exact) mass is 298 g/mol. The number of hydrogen-bond acceptors (Lipinski definition) is 4. The van der Waals surface area contributed by atoms with Crippen LogP contribution in [0.1, 0.15) is 37.6 Å². The van der Waals surface area contributed by atoms with Crippen molar-refractivity contribution in [2.75, 3.05) is 18.1 Å². The van der Waals surface area contributed by atoms with Gasteiger partial charge >= 0.3 is 0 Å². The van der Waals surface area contributed by atoms with E-state index in [1.165, 1.54) is 4.88 Å². The number of thioether (sulfide) groups is 1. The molecule has 0 saturated carbocycles. The van der Waals surface area contributed by atoms with Crippen LogP contribution in [-0.4, -0.2) is 34.4 Å². The fourth-order valence-corrected chi connectivity index (χ4v) is 4.17. The summed E-state index contributed by atoms with van der Waals surface area (Å²) in [6.45, 7) is 4.89. The van der Waals surface area contributed by atoms with Crippen molar-refractivity contribution in [3.05, 3.63) is 22.4 Å². The molecule has 3 nitrogen and oxygen atoms in total. The molecule has 1 aliphatic rings. The van der Waals surface area contributed by atoms with Crippen LogP contribution in [0.5, 0.6) is 0 Å². The van der Waals surface area contributed by atoms with Crippen LogP contribution in [0.15, 0.2) is 17.5 Å². The first-order valence-corrected chi connectivity index (χ1v) is 8.70. The van der Waals surface area contributed by atoms with Gasteiger partial charge in [0.1, 0.15) is 0 Å². The Morgan fingerprint density at radius 1 is 1.63 bits per heavy atom. The molecule has 1 atom stereocenters. The molecule has 2 heterocycles. The summed E-state index contributed by atoms with van der Waals surface area (Å²) in [5, 5.41) is 2.09. The smallest absolute Gasteiger partial charge is 0.233 e. The summed E-state index contributed by atoms with van der Waals surface area (Å²) in [5.41, 5.74) is 5.73. The second-order valence-electron chi connectivity index (χ2n) is 5.74. The third-order valence-electron chi connectivity index (χ3n) is 3.14. The van der Waals surface area contributed by atoms with Gasteiger partial charge in [0.25, 0.3) is 0 Å². The number of nitrogens with two attached hydrogens (primary N) is 1. The van der Waals surface area contributed by atoms with Gasteiger partial charge in [0.05, 0.1) is 11.8 Å². The zero-order chi connectivity index (χ0) is 13.9. The number of hydrogen-bond donors (Lipinski definition) is 1. The average molecular weight is 298 g/mol. The minimum Gasteiger partial charge on any atom is -0.334 e. The molecule has 1 aliphatic heterocycles. The van der Waals surface area contributed by atoms with Crippen molar-refractivity contribution >= 4 is 29.0 Å². The second-order valence-corrected chi connectivity index (χ2v) is 7.71. The normalized spacial score (nSPS) is 19.9. The van der Waals surface area contributed by atoms with Gasteiger partial charge in [-0.05, 0) is 38.1 Å². The molecule has 1 amide bonds. The molecular weight excluding hydrogens is 276 g/mol. The minimum atomic E-state index is -0.205. The van der Waals surface area contributed by atoms with Crippen molar-refractivity contribution in [2.24, 2.45) is 5.73 Å². The summed E-state index contributed by atoms with van der Waals surface area (Å²) in [5.74, 6) is 1.61. The highest BCUT2D eigenvalue weighted by Crippen LogP contribution is 2.34. The molecule has 1 aromatic rings. The van der Waals surface area contributed by atoms with E-state index in [0.29, 0.717) is 11.8 Å². The molecule has 0 aromatic carbocycles. The SMILES string of the molecule is CC(C)(N)CSCC(=O)N1CCCC1c1cccs1. The summed E-state index contributed by atoms with van der Waals surface area (Å²) < 4.78 is 0. The van der Waals surface area contributed by atoms with Gasteiger partial charge in [-0.3, -0.25) is 4.79 Å². The second kappa shape index (κ2) is 6.29. The van der Waals surface area contributed by atoms with Crippen LogP contribution >= 0.6 is 23.1 Å². The van der Waals surface area contributed by atoms with E-state index in [0.717, 1.165) is 25.1 Å². The number of thiophene rings is 1. The van der Waals surface area contributed by atoms with E-state index < -0.39 is 0 Å². The van der Waals surface area contributed by atoms with Gasteiger partial charge in [0.2, 0.25) is 5.91 Å². The molecule has 2 N–H and O–H groups in total. The van der Waals surface area contributed by atoms with E-state index in [2.05, 4.69) is 17.5 Å².